The summed E-state index contributed by atoms with van der Waals surface area (Å²) >= 11 is 0. The highest BCUT2D eigenvalue weighted by molar-refractivity contribution is 14.0. The van der Waals surface area contributed by atoms with Gasteiger partial charge in [0.2, 0.25) is 0 Å². The molecule has 0 aliphatic heterocycles. The van der Waals surface area contributed by atoms with Gasteiger partial charge in [0.1, 0.15) is 5.75 Å². The van der Waals surface area contributed by atoms with Gasteiger partial charge in [-0.2, -0.15) is 8.78 Å². The van der Waals surface area contributed by atoms with Gasteiger partial charge in [0.25, 0.3) is 0 Å². The van der Waals surface area contributed by atoms with Gasteiger partial charge in [-0.25, -0.2) is 4.99 Å². The first-order valence-corrected chi connectivity index (χ1v) is 8.80. The van der Waals surface area contributed by atoms with E-state index in [1.807, 2.05) is 6.92 Å². The Morgan fingerprint density at radius 1 is 1.15 bits per heavy atom. The standard InChI is InChI=1S/C20H23F2N3O.HI/c1-2-23-20(25-13-16-11-14-7-3-5-9-17(14)16)24-12-15-8-4-6-10-18(15)26-19(21)22;/h3-10,16,19H,2,11-13H2,1H3,(H2,23,24,25);1H. The second-order valence-corrected chi connectivity index (χ2v) is 6.16. The van der Waals surface area contributed by atoms with Crippen LogP contribution in [0.4, 0.5) is 8.78 Å². The predicted molar refractivity (Wildman–Crippen MR) is 114 cm³/mol. The molecule has 0 saturated carbocycles. The van der Waals surface area contributed by atoms with Gasteiger partial charge in [0.15, 0.2) is 5.96 Å². The van der Waals surface area contributed by atoms with Crippen LogP contribution in [-0.2, 0) is 13.0 Å². The van der Waals surface area contributed by atoms with Crippen molar-refractivity contribution in [3.63, 3.8) is 0 Å². The highest BCUT2D eigenvalue weighted by atomic mass is 127. The molecule has 0 amide bonds. The molecule has 4 nitrogen and oxygen atoms in total. The molecule has 1 unspecified atom stereocenters. The summed E-state index contributed by atoms with van der Waals surface area (Å²) in [6.07, 6.45) is 1.06. The van der Waals surface area contributed by atoms with Crippen LogP contribution in [0.3, 0.4) is 0 Å². The summed E-state index contributed by atoms with van der Waals surface area (Å²) in [7, 11) is 0. The van der Waals surface area contributed by atoms with Crippen LogP contribution in [0.2, 0.25) is 0 Å². The Hall–Kier alpha value is -1.90. The second-order valence-electron chi connectivity index (χ2n) is 6.16. The summed E-state index contributed by atoms with van der Waals surface area (Å²) in [5, 5.41) is 6.53. The van der Waals surface area contributed by atoms with Crippen LogP contribution in [-0.4, -0.2) is 25.7 Å². The van der Waals surface area contributed by atoms with Crippen molar-refractivity contribution in [2.24, 2.45) is 4.99 Å². The number of fused-ring (bicyclic) bond motifs is 1. The molecule has 0 radical (unpaired) electrons. The SMILES string of the molecule is CCNC(=NCc1ccccc1OC(F)F)NCC1Cc2ccccc21.I. The number of hydrogen-bond acceptors (Lipinski definition) is 2. The maximum Gasteiger partial charge on any atom is 0.387 e. The molecule has 0 bridgehead atoms. The van der Waals surface area contributed by atoms with E-state index in [1.165, 1.54) is 17.2 Å². The molecule has 7 heteroatoms. The minimum absolute atomic E-state index is 0. The molecule has 1 aliphatic carbocycles. The minimum Gasteiger partial charge on any atom is -0.434 e. The first-order valence-electron chi connectivity index (χ1n) is 8.80. The molecule has 1 atom stereocenters. The molecule has 2 N–H and O–H groups in total. The molecule has 2 aromatic carbocycles. The van der Waals surface area contributed by atoms with Crippen molar-refractivity contribution < 1.29 is 13.5 Å². The van der Waals surface area contributed by atoms with Crippen LogP contribution in [0.5, 0.6) is 5.75 Å². The van der Waals surface area contributed by atoms with Gasteiger partial charge in [-0.3, -0.25) is 0 Å². The van der Waals surface area contributed by atoms with E-state index in [9.17, 15) is 8.78 Å². The highest BCUT2D eigenvalue weighted by Crippen LogP contribution is 2.33. The van der Waals surface area contributed by atoms with E-state index in [1.54, 1.807) is 18.2 Å². The van der Waals surface area contributed by atoms with Crippen molar-refractivity contribution in [1.29, 1.82) is 0 Å². The summed E-state index contributed by atoms with van der Waals surface area (Å²) < 4.78 is 29.6. The Morgan fingerprint density at radius 2 is 1.89 bits per heavy atom. The van der Waals surface area contributed by atoms with Gasteiger partial charge in [0, 0.05) is 24.6 Å². The molecule has 3 rings (SSSR count). The number of halogens is 3. The van der Waals surface area contributed by atoms with Crippen molar-refractivity contribution >= 4 is 29.9 Å². The largest absolute Gasteiger partial charge is 0.434 e. The van der Waals surface area contributed by atoms with Gasteiger partial charge in [0.05, 0.1) is 6.54 Å². The number of hydrogen-bond donors (Lipinski definition) is 2. The number of para-hydroxylation sites is 1. The Kier molecular flexibility index (Phi) is 8.27. The van der Waals surface area contributed by atoms with E-state index in [0.29, 0.717) is 17.4 Å². The van der Waals surface area contributed by atoms with Crippen molar-refractivity contribution in [3.8, 4) is 5.75 Å². The lowest BCUT2D eigenvalue weighted by molar-refractivity contribution is -0.0504. The molecule has 1 aliphatic rings. The lowest BCUT2D eigenvalue weighted by Gasteiger charge is -2.30. The maximum atomic E-state index is 12.5. The Morgan fingerprint density at radius 3 is 2.63 bits per heavy atom. The van der Waals surface area contributed by atoms with E-state index < -0.39 is 6.61 Å². The number of rotatable bonds is 7. The molecule has 0 fully saturated rings. The average molecular weight is 487 g/mol. The number of aliphatic imine (C=N–C) groups is 1. The topological polar surface area (TPSA) is 45.7 Å². The van der Waals surface area contributed by atoms with Crippen LogP contribution in [0.15, 0.2) is 53.5 Å². The lowest BCUT2D eigenvalue weighted by atomic mass is 9.78. The molecular formula is C20H24F2IN3O. The number of nitrogens with zero attached hydrogens (tertiary/aromatic N) is 1. The molecule has 0 heterocycles. The summed E-state index contributed by atoms with van der Waals surface area (Å²) in [4.78, 5) is 4.51. The van der Waals surface area contributed by atoms with E-state index in [4.69, 9.17) is 0 Å². The van der Waals surface area contributed by atoms with Gasteiger partial charge in [-0.05, 0) is 30.5 Å². The van der Waals surface area contributed by atoms with E-state index in [2.05, 4.69) is 44.6 Å². The summed E-state index contributed by atoms with van der Waals surface area (Å²) in [6, 6.07) is 15.2. The van der Waals surface area contributed by atoms with Gasteiger partial charge >= 0.3 is 6.61 Å². The third kappa shape index (κ3) is 5.79. The fourth-order valence-corrected chi connectivity index (χ4v) is 3.12. The van der Waals surface area contributed by atoms with Crippen LogP contribution >= 0.6 is 24.0 Å². The molecule has 0 aromatic heterocycles. The number of alkyl halides is 2. The molecule has 146 valence electrons. The van der Waals surface area contributed by atoms with Crippen molar-refractivity contribution in [3.05, 3.63) is 65.2 Å². The average Bonchev–Trinajstić information content (AvgIpc) is 2.61. The molecule has 0 saturated heterocycles. The zero-order chi connectivity index (χ0) is 18.4. The van der Waals surface area contributed by atoms with Crippen LogP contribution in [0, 0.1) is 0 Å². The molecular weight excluding hydrogens is 463 g/mol. The van der Waals surface area contributed by atoms with Gasteiger partial charge in [-0.1, -0.05) is 42.5 Å². The third-order valence-corrected chi connectivity index (χ3v) is 4.42. The number of guanidine groups is 1. The Balaban J connectivity index is 0.00000261. The molecule has 0 spiro atoms. The predicted octanol–water partition coefficient (Wildman–Crippen LogP) is 4.30. The first-order chi connectivity index (χ1) is 12.7. The van der Waals surface area contributed by atoms with E-state index >= 15 is 0 Å². The normalized spacial score (nSPS) is 15.4. The first kappa shape index (κ1) is 21.4. The summed E-state index contributed by atoms with van der Waals surface area (Å²) in [5.41, 5.74) is 3.41. The number of benzene rings is 2. The van der Waals surface area contributed by atoms with Gasteiger partial charge < -0.3 is 15.4 Å². The fraction of sp³-hybridized carbons (Fsp3) is 0.350. The molecule has 27 heavy (non-hydrogen) atoms. The monoisotopic (exact) mass is 487 g/mol. The second kappa shape index (κ2) is 10.4. The Labute approximate surface area is 175 Å². The maximum absolute atomic E-state index is 12.5. The zero-order valence-corrected chi connectivity index (χ0v) is 17.5. The smallest absolute Gasteiger partial charge is 0.387 e. The van der Waals surface area contributed by atoms with Crippen molar-refractivity contribution in [2.45, 2.75) is 32.4 Å². The molecule has 2 aromatic rings. The summed E-state index contributed by atoms with van der Waals surface area (Å²) in [6.45, 7) is 0.925. The minimum atomic E-state index is -2.84. The lowest BCUT2D eigenvalue weighted by Crippen LogP contribution is -2.41. The van der Waals surface area contributed by atoms with Crippen molar-refractivity contribution in [2.75, 3.05) is 13.1 Å². The van der Waals surface area contributed by atoms with Gasteiger partial charge in [-0.15, -0.1) is 24.0 Å². The Bertz CT molecular complexity index is 770. The van der Waals surface area contributed by atoms with E-state index in [0.717, 1.165) is 19.5 Å². The van der Waals surface area contributed by atoms with Crippen molar-refractivity contribution in [1.82, 2.24) is 10.6 Å². The van der Waals surface area contributed by atoms with Crippen LogP contribution < -0.4 is 15.4 Å². The van der Waals surface area contributed by atoms with E-state index in [-0.39, 0.29) is 36.3 Å². The van der Waals surface area contributed by atoms with Crippen LogP contribution in [0.1, 0.15) is 29.5 Å². The van der Waals surface area contributed by atoms with Crippen LogP contribution in [0.25, 0.3) is 0 Å². The zero-order valence-electron chi connectivity index (χ0n) is 15.1. The summed E-state index contributed by atoms with van der Waals surface area (Å²) in [5.74, 6) is 1.31. The number of ether oxygens (including phenoxy) is 1. The third-order valence-electron chi connectivity index (χ3n) is 4.42. The fourth-order valence-electron chi connectivity index (χ4n) is 3.12. The number of nitrogens with one attached hydrogen (secondary N) is 2. The quantitative estimate of drug-likeness (QED) is 0.348. The highest BCUT2D eigenvalue weighted by Gasteiger charge is 2.25.